The van der Waals surface area contributed by atoms with Crippen LogP contribution >= 0.6 is 0 Å². The van der Waals surface area contributed by atoms with E-state index in [9.17, 15) is 17.2 Å². The van der Waals surface area contributed by atoms with Crippen LogP contribution in [0.3, 0.4) is 0 Å². The van der Waals surface area contributed by atoms with E-state index in [-0.39, 0.29) is 11.9 Å². The van der Waals surface area contributed by atoms with Crippen molar-refractivity contribution in [3.05, 3.63) is 41.6 Å². The van der Waals surface area contributed by atoms with E-state index in [0.29, 0.717) is 12.3 Å². The number of H-pyrrole nitrogens is 1. The average Bonchev–Trinajstić information content (AvgIpc) is 3.17. The Balaban J connectivity index is 1.84. The van der Waals surface area contributed by atoms with E-state index in [2.05, 4.69) is 14.9 Å². The maximum absolute atomic E-state index is 13.0. The number of hydrogen-bond acceptors (Lipinski definition) is 4. The second-order valence-electron chi connectivity index (χ2n) is 5.15. The Hall–Kier alpha value is -2.00. The highest BCUT2D eigenvalue weighted by Gasteiger charge is 2.25. The third kappa shape index (κ3) is 3.35. The lowest BCUT2D eigenvalue weighted by atomic mass is 10.2. The summed E-state index contributed by atoms with van der Waals surface area (Å²) in [5.41, 5.74) is 0.109. The lowest BCUT2D eigenvalue weighted by Gasteiger charge is -2.10. The fourth-order valence-electron chi connectivity index (χ4n) is 2.47. The molecule has 1 atom stereocenters. The third-order valence-corrected chi connectivity index (χ3v) is 4.99. The lowest BCUT2D eigenvalue weighted by molar-refractivity contribution is 0.108. The fourth-order valence-corrected chi connectivity index (χ4v) is 3.69. The molecule has 6 nitrogen and oxygen atoms in total. The van der Waals surface area contributed by atoms with Crippen molar-refractivity contribution in [1.82, 2.24) is 10.2 Å². The van der Waals surface area contributed by atoms with E-state index in [0.717, 1.165) is 25.0 Å². The number of benzene rings is 1. The quantitative estimate of drug-likeness (QED) is 0.874. The number of ether oxygens (including phenoxy) is 1. The summed E-state index contributed by atoms with van der Waals surface area (Å²) < 4.78 is 58.3. The first-order valence-corrected chi connectivity index (χ1v) is 8.52. The van der Waals surface area contributed by atoms with Gasteiger partial charge in [0.05, 0.1) is 16.7 Å². The van der Waals surface area contributed by atoms with Gasteiger partial charge in [-0.1, -0.05) is 18.2 Å². The van der Waals surface area contributed by atoms with E-state index in [4.69, 9.17) is 4.74 Å². The van der Waals surface area contributed by atoms with E-state index < -0.39 is 26.9 Å². The molecule has 1 aliphatic heterocycles. The van der Waals surface area contributed by atoms with Gasteiger partial charge in [-0.3, -0.25) is 9.82 Å². The van der Waals surface area contributed by atoms with E-state index in [1.54, 1.807) is 0 Å². The maximum atomic E-state index is 13.0. The number of hydrogen-bond donors (Lipinski definition) is 2. The zero-order valence-corrected chi connectivity index (χ0v) is 12.8. The molecular formula is C14H15F2N3O3S. The van der Waals surface area contributed by atoms with Crippen molar-refractivity contribution in [3.63, 3.8) is 0 Å². The summed E-state index contributed by atoms with van der Waals surface area (Å²) in [6.45, 7) is 0.645. The van der Waals surface area contributed by atoms with Crippen LogP contribution < -0.4 is 4.72 Å². The van der Waals surface area contributed by atoms with Gasteiger partial charge in [0.25, 0.3) is 16.4 Å². The van der Waals surface area contributed by atoms with Crippen molar-refractivity contribution in [1.29, 1.82) is 0 Å². The zero-order chi connectivity index (χ0) is 16.4. The van der Waals surface area contributed by atoms with Gasteiger partial charge in [0.2, 0.25) is 0 Å². The Morgan fingerprint density at radius 2 is 2.13 bits per heavy atom. The first-order chi connectivity index (χ1) is 11.0. The number of halogens is 2. The van der Waals surface area contributed by atoms with Crippen LogP contribution in [-0.4, -0.2) is 25.2 Å². The van der Waals surface area contributed by atoms with Gasteiger partial charge in [0, 0.05) is 18.2 Å². The first-order valence-electron chi connectivity index (χ1n) is 7.04. The predicted octanol–water partition coefficient (Wildman–Crippen LogP) is 3.00. The minimum absolute atomic E-state index is 0.0413. The van der Waals surface area contributed by atoms with Gasteiger partial charge in [-0.2, -0.15) is 5.10 Å². The minimum atomic E-state index is -4.15. The molecule has 1 aromatic carbocycles. The number of rotatable bonds is 5. The van der Waals surface area contributed by atoms with Crippen molar-refractivity contribution < 1.29 is 21.9 Å². The zero-order valence-electron chi connectivity index (χ0n) is 12.0. The topological polar surface area (TPSA) is 84.1 Å². The first kappa shape index (κ1) is 15.9. The van der Waals surface area contributed by atoms with E-state index >= 15 is 0 Å². The summed E-state index contributed by atoms with van der Waals surface area (Å²) >= 11 is 0. The second kappa shape index (κ2) is 6.25. The lowest BCUT2D eigenvalue weighted by Crippen LogP contribution is -2.15. The van der Waals surface area contributed by atoms with Gasteiger partial charge < -0.3 is 4.74 Å². The number of aromatic nitrogens is 2. The molecule has 2 aromatic rings. The average molecular weight is 343 g/mol. The molecule has 2 N–H and O–H groups in total. The summed E-state index contributed by atoms with van der Waals surface area (Å²) in [5.74, 6) is 0.0413. The molecule has 2 heterocycles. The number of anilines is 1. The van der Waals surface area contributed by atoms with Crippen molar-refractivity contribution >= 4 is 15.8 Å². The predicted molar refractivity (Wildman–Crippen MR) is 78.7 cm³/mol. The molecule has 1 aromatic heterocycles. The van der Waals surface area contributed by atoms with Crippen LogP contribution in [0, 0.1) is 0 Å². The van der Waals surface area contributed by atoms with Crippen LogP contribution in [0.4, 0.5) is 14.6 Å². The molecule has 1 fully saturated rings. The molecular weight excluding hydrogens is 328 g/mol. The molecule has 9 heteroatoms. The van der Waals surface area contributed by atoms with Crippen LogP contribution in [0.1, 0.15) is 36.6 Å². The standard InChI is InChI=1S/C14H15F2N3O3S/c15-14(16)9-4-1-2-6-12(9)23(20,21)19-13-8-10(17-18-13)11-5-3-7-22-11/h1-2,4,6,8,11,14H,3,5,7H2,(H2,17,18,19). The minimum Gasteiger partial charge on any atom is -0.372 e. The maximum Gasteiger partial charge on any atom is 0.265 e. The molecule has 1 unspecified atom stereocenters. The van der Waals surface area contributed by atoms with Gasteiger partial charge in [-0.05, 0) is 18.9 Å². The third-order valence-electron chi connectivity index (χ3n) is 3.56. The molecule has 124 valence electrons. The molecule has 3 rings (SSSR count). The molecule has 0 spiro atoms. The summed E-state index contributed by atoms with van der Waals surface area (Å²) in [7, 11) is -4.15. The molecule has 0 radical (unpaired) electrons. The SMILES string of the molecule is O=S(=O)(Nc1cc(C2CCCO2)[nH]n1)c1ccccc1C(F)F. The normalized spacial score (nSPS) is 18.5. The molecule has 23 heavy (non-hydrogen) atoms. The summed E-state index contributed by atoms with van der Waals surface area (Å²) in [4.78, 5) is -0.461. The van der Waals surface area contributed by atoms with Gasteiger partial charge in [0.1, 0.15) is 0 Å². The van der Waals surface area contributed by atoms with Gasteiger partial charge >= 0.3 is 0 Å². The van der Waals surface area contributed by atoms with Crippen LogP contribution in [0.2, 0.25) is 0 Å². The van der Waals surface area contributed by atoms with Gasteiger partial charge in [-0.15, -0.1) is 0 Å². The number of nitrogens with zero attached hydrogens (tertiary/aromatic N) is 1. The van der Waals surface area contributed by atoms with Crippen molar-refractivity contribution in [2.24, 2.45) is 0 Å². The number of aromatic amines is 1. The molecule has 0 bridgehead atoms. The Morgan fingerprint density at radius 1 is 1.35 bits per heavy atom. The smallest absolute Gasteiger partial charge is 0.265 e. The molecule has 1 saturated heterocycles. The Morgan fingerprint density at radius 3 is 2.83 bits per heavy atom. The molecule has 1 aliphatic rings. The van der Waals surface area contributed by atoms with Gasteiger partial charge in [-0.25, -0.2) is 17.2 Å². The highest BCUT2D eigenvalue weighted by Crippen LogP contribution is 2.30. The van der Waals surface area contributed by atoms with Crippen molar-refractivity contribution in [3.8, 4) is 0 Å². The summed E-state index contributed by atoms with van der Waals surface area (Å²) in [5, 5.41) is 6.57. The van der Waals surface area contributed by atoms with Crippen LogP contribution in [0.15, 0.2) is 35.2 Å². The molecule has 0 amide bonds. The van der Waals surface area contributed by atoms with Gasteiger partial charge in [0.15, 0.2) is 5.82 Å². The largest absolute Gasteiger partial charge is 0.372 e. The molecule has 0 saturated carbocycles. The van der Waals surface area contributed by atoms with Crippen molar-refractivity contribution in [2.75, 3.05) is 11.3 Å². The highest BCUT2D eigenvalue weighted by molar-refractivity contribution is 7.92. The fraction of sp³-hybridized carbons (Fsp3) is 0.357. The van der Waals surface area contributed by atoms with Crippen LogP contribution in [-0.2, 0) is 14.8 Å². The Kier molecular flexibility index (Phi) is 4.31. The number of alkyl halides is 2. The number of sulfonamides is 1. The summed E-state index contributed by atoms with van der Waals surface area (Å²) in [6.07, 6.45) is -1.28. The number of nitrogens with one attached hydrogen (secondary N) is 2. The second-order valence-corrected chi connectivity index (χ2v) is 6.81. The summed E-state index contributed by atoms with van der Waals surface area (Å²) in [6, 6.07) is 6.49. The van der Waals surface area contributed by atoms with Crippen LogP contribution in [0.5, 0.6) is 0 Å². The van der Waals surface area contributed by atoms with Crippen molar-refractivity contribution in [2.45, 2.75) is 30.3 Å². The Labute approximate surface area is 131 Å². The highest BCUT2D eigenvalue weighted by atomic mass is 32.2. The van der Waals surface area contributed by atoms with Crippen LogP contribution in [0.25, 0.3) is 0 Å². The van der Waals surface area contributed by atoms with E-state index in [1.165, 1.54) is 18.2 Å². The Bertz CT molecular complexity index is 786. The van der Waals surface area contributed by atoms with E-state index in [1.807, 2.05) is 0 Å². The monoisotopic (exact) mass is 343 g/mol. The molecule has 0 aliphatic carbocycles.